The smallest absolute Gasteiger partial charge is 0.149 e. The molecule has 0 aliphatic carbocycles. The zero-order valence-electron chi connectivity index (χ0n) is 8.05. The zero-order chi connectivity index (χ0) is 9.90. The Balaban J connectivity index is 3.12. The largest absolute Gasteiger partial charge is 0.327 e. The van der Waals surface area contributed by atoms with Gasteiger partial charge in [-0.1, -0.05) is 6.92 Å². The number of alkyl halides is 1. The first-order chi connectivity index (χ1) is 6.14. The summed E-state index contributed by atoms with van der Waals surface area (Å²) in [5, 5.41) is 0. The Morgan fingerprint density at radius 3 is 2.77 bits per heavy atom. The van der Waals surface area contributed by atoms with Crippen LogP contribution in [0.4, 0.5) is 4.39 Å². The Labute approximate surface area is 78.0 Å². The van der Waals surface area contributed by atoms with E-state index in [1.807, 2.05) is 6.92 Å². The number of aryl methyl sites for hydroxylation is 1. The van der Waals surface area contributed by atoms with Gasteiger partial charge in [0.25, 0.3) is 0 Å². The number of halogens is 1. The third-order valence-corrected chi connectivity index (χ3v) is 2.41. The standard InChI is InChI=1S/C10H15FN2/c1-3-10(11,7-12)9-6-13-5-4-8(9)2/h4-6H,3,7,12H2,1-2H3. The van der Waals surface area contributed by atoms with E-state index in [-0.39, 0.29) is 6.54 Å². The molecule has 1 aromatic heterocycles. The maximum absolute atomic E-state index is 14.1. The molecule has 0 radical (unpaired) electrons. The van der Waals surface area contributed by atoms with Gasteiger partial charge >= 0.3 is 0 Å². The van der Waals surface area contributed by atoms with Crippen LogP contribution in [0.2, 0.25) is 0 Å². The van der Waals surface area contributed by atoms with Crippen molar-refractivity contribution in [3.05, 3.63) is 29.6 Å². The fraction of sp³-hybridized carbons (Fsp3) is 0.500. The molecule has 1 aromatic rings. The average molecular weight is 182 g/mol. The van der Waals surface area contributed by atoms with Crippen molar-refractivity contribution in [1.29, 1.82) is 0 Å². The van der Waals surface area contributed by atoms with Gasteiger partial charge < -0.3 is 5.73 Å². The molecule has 72 valence electrons. The number of aromatic nitrogens is 1. The summed E-state index contributed by atoms with van der Waals surface area (Å²) in [6.45, 7) is 3.67. The second-order valence-corrected chi connectivity index (χ2v) is 3.21. The topological polar surface area (TPSA) is 38.9 Å². The Morgan fingerprint density at radius 1 is 1.62 bits per heavy atom. The highest BCUT2D eigenvalue weighted by atomic mass is 19.1. The minimum absolute atomic E-state index is 0.00995. The van der Waals surface area contributed by atoms with Crippen LogP contribution in [-0.4, -0.2) is 11.5 Å². The highest BCUT2D eigenvalue weighted by molar-refractivity contribution is 5.28. The van der Waals surface area contributed by atoms with Crippen molar-refractivity contribution in [2.45, 2.75) is 25.9 Å². The third-order valence-electron chi connectivity index (χ3n) is 2.41. The zero-order valence-corrected chi connectivity index (χ0v) is 8.05. The normalized spacial score (nSPS) is 15.4. The van der Waals surface area contributed by atoms with Crippen LogP contribution in [0.25, 0.3) is 0 Å². The summed E-state index contributed by atoms with van der Waals surface area (Å²) in [6, 6.07) is 1.80. The summed E-state index contributed by atoms with van der Waals surface area (Å²) in [5.41, 5.74) is 5.52. The van der Waals surface area contributed by atoms with E-state index in [0.29, 0.717) is 12.0 Å². The van der Waals surface area contributed by atoms with Crippen LogP contribution < -0.4 is 5.73 Å². The van der Waals surface area contributed by atoms with Gasteiger partial charge in [0.15, 0.2) is 0 Å². The minimum Gasteiger partial charge on any atom is -0.327 e. The van der Waals surface area contributed by atoms with Crippen LogP contribution in [0.15, 0.2) is 18.5 Å². The van der Waals surface area contributed by atoms with Crippen LogP contribution >= 0.6 is 0 Å². The summed E-state index contributed by atoms with van der Waals surface area (Å²) in [5.74, 6) is 0. The molecular formula is C10H15FN2. The van der Waals surface area contributed by atoms with Gasteiger partial charge in [0.2, 0.25) is 0 Å². The Kier molecular flexibility index (Phi) is 2.98. The molecule has 2 nitrogen and oxygen atoms in total. The molecule has 0 bridgehead atoms. The maximum atomic E-state index is 14.1. The molecule has 1 heterocycles. The van der Waals surface area contributed by atoms with E-state index < -0.39 is 5.67 Å². The van der Waals surface area contributed by atoms with E-state index in [1.54, 1.807) is 25.4 Å². The first-order valence-corrected chi connectivity index (χ1v) is 4.44. The van der Waals surface area contributed by atoms with Crippen molar-refractivity contribution in [3.8, 4) is 0 Å². The van der Waals surface area contributed by atoms with Gasteiger partial charge in [-0.2, -0.15) is 0 Å². The van der Waals surface area contributed by atoms with Crippen molar-refractivity contribution in [2.75, 3.05) is 6.54 Å². The van der Waals surface area contributed by atoms with Crippen LogP contribution in [0, 0.1) is 6.92 Å². The minimum atomic E-state index is -1.42. The molecule has 1 unspecified atom stereocenters. The molecule has 13 heavy (non-hydrogen) atoms. The summed E-state index contributed by atoms with van der Waals surface area (Å²) in [7, 11) is 0. The van der Waals surface area contributed by atoms with Crippen LogP contribution in [0.1, 0.15) is 24.5 Å². The first kappa shape index (κ1) is 10.1. The van der Waals surface area contributed by atoms with E-state index in [1.165, 1.54) is 0 Å². The summed E-state index contributed by atoms with van der Waals surface area (Å²) >= 11 is 0. The average Bonchev–Trinajstić information content (AvgIpc) is 2.17. The van der Waals surface area contributed by atoms with Gasteiger partial charge in [-0.15, -0.1) is 0 Å². The number of hydrogen-bond donors (Lipinski definition) is 1. The molecule has 0 saturated carbocycles. The highest BCUT2D eigenvalue weighted by Crippen LogP contribution is 2.29. The lowest BCUT2D eigenvalue weighted by Gasteiger charge is -2.23. The lowest BCUT2D eigenvalue weighted by Crippen LogP contribution is -2.30. The second-order valence-electron chi connectivity index (χ2n) is 3.21. The molecule has 1 rings (SSSR count). The fourth-order valence-electron chi connectivity index (χ4n) is 1.38. The molecule has 3 heteroatoms. The molecule has 1 atom stereocenters. The maximum Gasteiger partial charge on any atom is 0.149 e. The van der Waals surface area contributed by atoms with Gasteiger partial charge in [-0.05, 0) is 25.0 Å². The third kappa shape index (κ3) is 1.86. The lowest BCUT2D eigenvalue weighted by atomic mass is 9.91. The van der Waals surface area contributed by atoms with Crippen LogP contribution in [-0.2, 0) is 5.67 Å². The summed E-state index contributed by atoms with van der Waals surface area (Å²) in [4.78, 5) is 3.91. The monoisotopic (exact) mass is 182 g/mol. The van der Waals surface area contributed by atoms with Gasteiger partial charge in [0.1, 0.15) is 5.67 Å². The SMILES string of the molecule is CCC(F)(CN)c1cnccc1C. The molecule has 0 fully saturated rings. The number of nitrogens with zero attached hydrogens (tertiary/aromatic N) is 1. The van der Waals surface area contributed by atoms with E-state index in [4.69, 9.17) is 5.73 Å². The fourth-order valence-corrected chi connectivity index (χ4v) is 1.38. The molecule has 0 saturated heterocycles. The molecule has 0 aliphatic heterocycles. The van der Waals surface area contributed by atoms with E-state index in [2.05, 4.69) is 4.98 Å². The number of nitrogens with two attached hydrogens (primary N) is 1. The highest BCUT2D eigenvalue weighted by Gasteiger charge is 2.29. The number of pyridine rings is 1. The van der Waals surface area contributed by atoms with Gasteiger partial charge in [0, 0.05) is 24.5 Å². The quantitative estimate of drug-likeness (QED) is 0.775. The van der Waals surface area contributed by atoms with Gasteiger partial charge in [-0.3, -0.25) is 4.98 Å². The second kappa shape index (κ2) is 3.83. The van der Waals surface area contributed by atoms with E-state index in [0.717, 1.165) is 5.56 Å². The van der Waals surface area contributed by atoms with Gasteiger partial charge in [0.05, 0.1) is 0 Å². The number of rotatable bonds is 3. The Bertz CT molecular complexity index is 282. The molecule has 0 amide bonds. The molecule has 0 spiro atoms. The van der Waals surface area contributed by atoms with E-state index >= 15 is 0 Å². The Hall–Kier alpha value is -0.960. The summed E-state index contributed by atoms with van der Waals surface area (Å²) in [6.07, 6.45) is 3.60. The van der Waals surface area contributed by atoms with Gasteiger partial charge in [-0.25, -0.2) is 4.39 Å². The molecule has 0 aliphatic rings. The molecular weight excluding hydrogens is 167 g/mol. The molecule has 0 aromatic carbocycles. The van der Waals surface area contributed by atoms with E-state index in [9.17, 15) is 4.39 Å². The van der Waals surface area contributed by atoms with Crippen molar-refractivity contribution < 1.29 is 4.39 Å². The predicted octanol–water partition coefficient (Wildman–Crippen LogP) is 1.92. The number of hydrogen-bond acceptors (Lipinski definition) is 2. The Morgan fingerprint density at radius 2 is 2.31 bits per heavy atom. The first-order valence-electron chi connectivity index (χ1n) is 4.44. The van der Waals surface area contributed by atoms with Crippen LogP contribution in [0.5, 0.6) is 0 Å². The lowest BCUT2D eigenvalue weighted by molar-refractivity contribution is 0.167. The van der Waals surface area contributed by atoms with Crippen molar-refractivity contribution in [2.24, 2.45) is 5.73 Å². The van der Waals surface area contributed by atoms with Crippen molar-refractivity contribution >= 4 is 0 Å². The molecule has 2 N–H and O–H groups in total. The van der Waals surface area contributed by atoms with Crippen molar-refractivity contribution in [1.82, 2.24) is 4.98 Å². The van der Waals surface area contributed by atoms with Crippen molar-refractivity contribution in [3.63, 3.8) is 0 Å². The predicted molar refractivity (Wildman–Crippen MR) is 51.1 cm³/mol. The van der Waals surface area contributed by atoms with Crippen LogP contribution in [0.3, 0.4) is 0 Å². The summed E-state index contributed by atoms with van der Waals surface area (Å²) < 4.78 is 14.1.